The molecule has 0 saturated carbocycles. The highest BCUT2D eigenvalue weighted by atomic mass is 19.4. The number of amides is 1. The average molecular weight is 479 g/mol. The fourth-order valence-electron chi connectivity index (χ4n) is 3.56. The quantitative estimate of drug-likeness (QED) is 0.376. The molecule has 4 aromatic rings. The van der Waals surface area contributed by atoms with Gasteiger partial charge >= 0.3 is 12.1 Å². The Morgan fingerprint density at radius 3 is 2.29 bits per heavy atom. The lowest BCUT2D eigenvalue weighted by atomic mass is 10.0. The lowest BCUT2D eigenvalue weighted by Crippen LogP contribution is -2.43. The number of anilines is 2. The molecule has 0 saturated heterocycles. The van der Waals surface area contributed by atoms with E-state index in [-0.39, 0.29) is 30.2 Å². The number of carbonyl (C=O) groups excluding carboxylic acids is 2. The normalized spacial score (nSPS) is 11.3. The number of hydrogen-bond donors (Lipinski definition) is 1. The van der Waals surface area contributed by atoms with E-state index in [4.69, 9.17) is 10.5 Å². The molecular formula is C26H20F3N3O3. The molecule has 1 heterocycles. The van der Waals surface area contributed by atoms with E-state index in [1.165, 1.54) is 24.3 Å². The fraction of sp³-hybridized carbons (Fsp3) is 0.115. The minimum atomic E-state index is -5.08. The van der Waals surface area contributed by atoms with Crippen molar-refractivity contribution >= 4 is 34.0 Å². The Hall–Kier alpha value is -4.40. The van der Waals surface area contributed by atoms with E-state index in [0.29, 0.717) is 27.4 Å². The number of ketones is 1. The van der Waals surface area contributed by atoms with Gasteiger partial charge in [0, 0.05) is 28.4 Å². The number of nitrogen functional groups attached to an aromatic ring is 1. The molecule has 1 aromatic heterocycles. The summed E-state index contributed by atoms with van der Waals surface area (Å²) in [4.78, 5) is 29.3. The summed E-state index contributed by atoms with van der Waals surface area (Å²) in [5.74, 6) is -1.64. The smallest absolute Gasteiger partial charge is 0.471 e. The second-order valence-corrected chi connectivity index (χ2v) is 7.62. The van der Waals surface area contributed by atoms with Crippen LogP contribution in [0.1, 0.15) is 15.9 Å². The first kappa shape index (κ1) is 23.7. The number of ether oxygens (including phenoxy) is 1. The van der Waals surface area contributed by atoms with E-state index in [0.717, 1.165) is 5.39 Å². The van der Waals surface area contributed by atoms with E-state index in [1.807, 2.05) is 0 Å². The maximum atomic E-state index is 13.3. The molecule has 0 aliphatic carbocycles. The molecule has 0 atom stereocenters. The van der Waals surface area contributed by atoms with Crippen molar-refractivity contribution in [2.24, 2.45) is 0 Å². The second kappa shape index (κ2) is 9.84. The van der Waals surface area contributed by atoms with Crippen molar-refractivity contribution in [3.05, 3.63) is 96.2 Å². The molecule has 0 spiro atoms. The number of pyridine rings is 1. The Morgan fingerprint density at radius 1 is 0.914 bits per heavy atom. The monoisotopic (exact) mass is 479 g/mol. The third kappa shape index (κ3) is 5.40. The van der Waals surface area contributed by atoms with Crippen molar-refractivity contribution in [1.82, 2.24) is 4.98 Å². The number of alkyl halides is 3. The summed E-state index contributed by atoms with van der Waals surface area (Å²) < 4.78 is 45.4. The van der Waals surface area contributed by atoms with Crippen LogP contribution in [0.25, 0.3) is 10.8 Å². The summed E-state index contributed by atoms with van der Waals surface area (Å²) in [6, 6.07) is 20.7. The van der Waals surface area contributed by atoms with Crippen LogP contribution in [-0.2, 0) is 4.79 Å². The van der Waals surface area contributed by atoms with Crippen LogP contribution in [0.3, 0.4) is 0 Å². The van der Waals surface area contributed by atoms with Crippen LogP contribution in [0.4, 0.5) is 24.7 Å². The van der Waals surface area contributed by atoms with Crippen LogP contribution >= 0.6 is 0 Å². The Labute approximate surface area is 198 Å². The number of benzene rings is 3. The molecule has 9 heteroatoms. The van der Waals surface area contributed by atoms with Gasteiger partial charge in [-0.2, -0.15) is 13.2 Å². The SMILES string of the molecule is Nc1nccc2ccc(OCCN(C(=O)C(F)(F)F)c3ccc(C(=O)c4ccccc4)cc3)cc12. The number of nitrogens with two attached hydrogens (primary N) is 1. The summed E-state index contributed by atoms with van der Waals surface area (Å²) in [5.41, 5.74) is 6.60. The Bertz CT molecular complexity index is 1360. The van der Waals surface area contributed by atoms with Gasteiger partial charge in [0.1, 0.15) is 18.2 Å². The molecule has 0 unspecified atom stereocenters. The predicted molar refractivity (Wildman–Crippen MR) is 126 cm³/mol. The molecule has 4 rings (SSSR count). The molecular weight excluding hydrogens is 459 g/mol. The second-order valence-electron chi connectivity index (χ2n) is 7.62. The largest absolute Gasteiger partial charge is 0.492 e. The topological polar surface area (TPSA) is 85.5 Å². The first-order valence-corrected chi connectivity index (χ1v) is 10.6. The van der Waals surface area contributed by atoms with E-state index < -0.39 is 12.1 Å². The van der Waals surface area contributed by atoms with Crippen LogP contribution in [0.2, 0.25) is 0 Å². The van der Waals surface area contributed by atoms with Crippen LogP contribution in [0, 0.1) is 0 Å². The molecule has 0 radical (unpaired) electrons. The van der Waals surface area contributed by atoms with Crippen LogP contribution in [0.15, 0.2) is 85.1 Å². The molecule has 35 heavy (non-hydrogen) atoms. The number of rotatable bonds is 7. The van der Waals surface area contributed by atoms with Crippen molar-refractivity contribution in [2.45, 2.75) is 6.18 Å². The maximum absolute atomic E-state index is 13.3. The maximum Gasteiger partial charge on any atom is 0.471 e. The van der Waals surface area contributed by atoms with Gasteiger partial charge in [-0.05, 0) is 47.9 Å². The van der Waals surface area contributed by atoms with Crippen molar-refractivity contribution in [3.8, 4) is 5.75 Å². The van der Waals surface area contributed by atoms with Gasteiger partial charge < -0.3 is 15.4 Å². The predicted octanol–water partition coefficient (Wildman–Crippen LogP) is 5.02. The summed E-state index contributed by atoms with van der Waals surface area (Å²) in [7, 11) is 0. The highest BCUT2D eigenvalue weighted by Crippen LogP contribution is 2.26. The number of halogens is 3. The summed E-state index contributed by atoms with van der Waals surface area (Å²) in [6.07, 6.45) is -3.51. The Kier molecular flexibility index (Phi) is 6.68. The highest BCUT2D eigenvalue weighted by Gasteiger charge is 2.43. The van der Waals surface area contributed by atoms with Gasteiger partial charge in [0.05, 0.1) is 6.54 Å². The lowest BCUT2D eigenvalue weighted by Gasteiger charge is -2.24. The van der Waals surface area contributed by atoms with Gasteiger partial charge in [-0.3, -0.25) is 9.59 Å². The van der Waals surface area contributed by atoms with E-state index >= 15 is 0 Å². The zero-order valence-corrected chi connectivity index (χ0v) is 18.3. The van der Waals surface area contributed by atoms with Gasteiger partial charge in [0.15, 0.2) is 5.78 Å². The molecule has 0 fully saturated rings. The minimum absolute atomic E-state index is 0.00695. The third-order valence-corrected chi connectivity index (χ3v) is 5.32. The van der Waals surface area contributed by atoms with Crippen LogP contribution in [-0.4, -0.2) is 36.0 Å². The molecule has 2 N–H and O–H groups in total. The molecule has 0 aliphatic rings. The van der Waals surface area contributed by atoms with Crippen molar-refractivity contribution in [3.63, 3.8) is 0 Å². The number of aromatic nitrogens is 1. The van der Waals surface area contributed by atoms with E-state index in [2.05, 4.69) is 4.98 Å². The van der Waals surface area contributed by atoms with Gasteiger partial charge in [0.25, 0.3) is 0 Å². The van der Waals surface area contributed by atoms with Gasteiger partial charge in [-0.15, -0.1) is 0 Å². The van der Waals surface area contributed by atoms with Crippen LogP contribution in [0.5, 0.6) is 5.75 Å². The molecule has 3 aromatic carbocycles. The lowest BCUT2D eigenvalue weighted by molar-refractivity contribution is -0.170. The molecule has 0 bridgehead atoms. The van der Waals surface area contributed by atoms with Crippen LogP contribution < -0.4 is 15.4 Å². The summed E-state index contributed by atoms with van der Waals surface area (Å²) in [6.45, 7) is -0.580. The summed E-state index contributed by atoms with van der Waals surface area (Å²) in [5, 5.41) is 1.48. The zero-order chi connectivity index (χ0) is 25.0. The number of carbonyl (C=O) groups is 2. The van der Waals surface area contributed by atoms with Crippen molar-refractivity contribution in [2.75, 3.05) is 23.8 Å². The van der Waals surface area contributed by atoms with Gasteiger partial charge in [-0.25, -0.2) is 4.98 Å². The number of fused-ring (bicyclic) bond motifs is 1. The molecule has 0 aliphatic heterocycles. The van der Waals surface area contributed by atoms with Crippen molar-refractivity contribution < 1.29 is 27.5 Å². The Balaban J connectivity index is 1.51. The summed E-state index contributed by atoms with van der Waals surface area (Å²) >= 11 is 0. The average Bonchev–Trinajstić information content (AvgIpc) is 2.86. The van der Waals surface area contributed by atoms with Gasteiger partial charge in [0.2, 0.25) is 0 Å². The molecule has 1 amide bonds. The van der Waals surface area contributed by atoms with E-state index in [9.17, 15) is 22.8 Å². The number of hydrogen-bond acceptors (Lipinski definition) is 5. The fourth-order valence-corrected chi connectivity index (χ4v) is 3.56. The van der Waals surface area contributed by atoms with Gasteiger partial charge in [-0.1, -0.05) is 36.4 Å². The minimum Gasteiger partial charge on any atom is -0.492 e. The van der Waals surface area contributed by atoms with E-state index in [1.54, 1.807) is 60.8 Å². The Morgan fingerprint density at radius 2 is 1.60 bits per heavy atom. The zero-order valence-electron chi connectivity index (χ0n) is 18.3. The van der Waals surface area contributed by atoms with Crippen molar-refractivity contribution in [1.29, 1.82) is 0 Å². The number of nitrogens with zero attached hydrogens (tertiary/aromatic N) is 2. The molecule has 6 nitrogen and oxygen atoms in total. The first-order chi connectivity index (χ1) is 16.7. The highest BCUT2D eigenvalue weighted by molar-refractivity contribution is 6.09. The standard InChI is InChI=1S/C26H20F3N3O3/c27-26(28,29)25(34)32(14-15-35-21-11-8-17-12-13-31-24(30)22(17)16-21)20-9-6-19(7-10-20)23(33)18-4-2-1-3-5-18/h1-13,16H,14-15H2,(H2,30,31). The third-order valence-electron chi connectivity index (χ3n) is 5.32. The first-order valence-electron chi connectivity index (χ1n) is 10.6. The molecule has 178 valence electrons.